The highest BCUT2D eigenvalue weighted by Crippen LogP contribution is 2.28. The minimum Gasteiger partial charge on any atom is -0.372 e. The molecule has 22 heavy (non-hydrogen) atoms. The number of imidazole rings is 1. The van der Waals surface area contributed by atoms with E-state index in [1.807, 2.05) is 58.5 Å². The molecule has 1 aliphatic rings. The van der Waals surface area contributed by atoms with Crippen LogP contribution in [0.2, 0.25) is 0 Å². The summed E-state index contributed by atoms with van der Waals surface area (Å²) in [7, 11) is 1.99. The maximum absolute atomic E-state index is 4.73. The molecule has 1 aliphatic heterocycles. The van der Waals surface area contributed by atoms with E-state index in [2.05, 4.69) is 22.2 Å². The molecule has 114 valence electrons. The van der Waals surface area contributed by atoms with Gasteiger partial charge in [-0.15, -0.1) is 0 Å². The summed E-state index contributed by atoms with van der Waals surface area (Å²) < 4.78 is 1.88. The Balaban J connectivity index is 1.98. The van der Waals surface area contributed by atoms with Crippen LogP contribution in [-0.4, -0.2) is 46.0 Å². The molecule has 0 atom stereocenters. The first-order valence-corrected chi connectivity index (χ1v) is 7.18. The molecule has 0 fully saturated rings. The summed E-state index contributed by atoms with van der Waals surface area (Å²) >= 11 is 0. The van der Waals surface area contributed by atoms with Crippen molar-refractivity contribution in [1.29, 1.82) is 0 Å². The van der Waals surface area contributed by atoms with Crippen molar-refractivity contribution in [3.8, 4) is 5.82 Å². The van der Waals surface area contributed by atoms with Crippen molar-refractivity contribution >= 4 is 17.8 Å². The molecule has 0 aliphatic carbocycles. The fourth-order valence-corrected chi connectivity index (χ4v) is 2.02. The Morgan fingerprint density at radius 2 is 2.36 bits per heavy atom. The average molecular weight is 297 g/mol. The van der Waals surface area contributed by atoms with Crippen LogP contribution in [0.15, 0.2) is 48.2 Å². The first-order valence-electron chi connectivity index (χ1n) is 7.18. The molecule has 3 heterocycles. The third-order valence-electron chi connectivity index (χ3n) is 3.41. The van der Waals surface area contributed by atoms with E-state index >= 15 is 0 Å². The lowest BCUT2D eigenvalue weighted by Gasteiger charge is -2.17. The van der Waals surface area contributed by atoms with Gasteiger partial charge in [-0.25, -0.2) is 15.0 Å². The maximum atomic E-state index is 4.73. The van der Waals surface area contributed by atoms with Crippen molar-refractivity contribution in [2.75, 3.05) is 25.2 Å². The summed E-state index contributed by atoms with van der Waals surface area (Å²) in [5, 5.41) is 3.15. The standard InChI is InChI=1S/C15H19N7/c1-3-20(2)12-18-13-4-5-14(21-8-6-16-10-21)19-15(13)22-9-7-17-11-22/h4-10,12,17H,3,11H2,1-2H3/b18-12+. The van der Waals surface area contributed by atoms with Crippen LogP contribution in [-0.2, 0) is 0 Å². The minimum atomic E-state index is 0.687. The summed E-state index contributed by atoms with van der Waals surface area (Å²) in [5.74, 6) is 1.63. The van der Waals surface area contributed by atoms with Gasteiger partial charge in [-0.1, -0.05) is 0 Å². The Hall–Kier alpha value is -2.83. The first kappa shape index (κ1) is 14.1. The van der Waals surface area contributed by atoms with Crippen LogP contribution < -0.4 is 10.2 Å². The molecule has 0 saturated heterocycles. The van der Waals surface area contributed by atoms with E-state index in [1.165, 1.54) is 0 Å². The lowest BCUT2D eigenvalue weighted by Crippen LogP contribution is -2.21. The van der Waals surface area contributed by atoms with Crippen molar-refractivity contribution in [2.45, 2.75) is 6.92 Å². The van der Waals surface area contributed by atoms with Crippen LogP contribution in [0.3, 0.4) is 0 Å². The van der Waals surface area contributed by atoms with Crippen molar-refractivity contribution < 1.29 is 0 Å². The molecule has 0 unspecified atom stereocenters. The van der Waals surface area contributed by atoms with E-state index < -0.39 is 0 Å². The molecule has 0 amide bonds. The van der Waals surface area contributed by atoms with Crippen molar-refractivity contribution in [2.24, 2.45) is 4.99 Å². The Kier molecular flexibility index (Phi) is 4.04. The molecule has 0 saturated carbocycles. The van der Waals surface area contributed by atoms with Gasteiger partial charge in [0.1, 0.15) is 17.8 Å². The molecule has 3 rings (SSSR count). The lowest BCUT2D eigenvalue weighted by molar-refractivity contribution is 0.552. The first-order chi connectivity index (χ1) is 10.8. The second-order valence-corrected chi connectivity index (χ2v) is 4.95. The highest BCUT2D eigenvalue weighted by molar-refractivity contribution is 5.71. The van der Waals surface area contributed by atoms with E-state index in [0.29, 0.717) is 6.67 Å². The summed E-state index contributed by atoms with van der Waals surface area (Å²) in [5.41, 5.74) is 0.831. The third-order valence-corrected chi connectivity index (χ3v) is 3.41. The van der Waals surface area contributed by atoms with Gasteiger partial charge in [-0.3, -0.25) is 4.57 Å². The molecule has 1 N–H and O–H groups in total. The monoisotopic (exact) mass is 297 g/mol. The molecule has 7 heteroatoms. The number of hydrogen-bond donors (Lipinski definition) is 1. The van der Waals surface area contributed by atoms with Gasteiger partial charge in [0.2, 0.25) is 0 Å². The average Bonchev–Trinajstić information content (AvgIpc) is 3.25. The Morgan fingerprint density at radius 3 is 3.05 bits per heavy atom. The van der Waals surface area contributed by atoms with E-state index in [1.54, 1.807) is 12.5 Å². The largest absolute Gasteiger partial charge is 0.372 e. The van der Waals surface area contributed by atoms with Gasteiger partial charge in [-0.2, -0.15) is 0 Å². The molecule has 0 spiro atoms. The predicted molar refractivity (Wildman–Crippen MR) is 87.4 cm³/mol. The fraction of sp³-hybridized carbons (Fsp3) is 0.267. The minimum absolute atomic E-state index is 0.687. The Bertz CT molecular complexity index is 675. The van der Waals surface area contributed by atoms with Gasteiger partial charge < -0.3 is 15.1 Å². The third kappa shape index (κ3) is 2.93. The highest BCUT2D eigenvalue weighted by Gasteiger charge is 2.14. The second-order valence-electron chi connectivity index (χ2n) is 4.95. The Morgan fingerprint density at radius 1 is 1.45 bits per heavy atom. The van der Waals surface area contributed by atoms with E-state index in [9.17, 15) is 0 Å². The molecule has 0 aromatic carbocycles. The van der Waals surface area contributed by atoms with Gasteiger partial charge in [-0.05, 0) is 19.1 Å². The molecular weight excluding hydrogens is 278 g/mol. The highest BCUT2D eigenvalue weighted by atomic mass is 15.3. The number of nitrogens with zero attached hydrogens (tertiary/aromatic N) is 6. The molecule has 2 aromatic rings. The topological polar surface area (TPSA) is 61.6 Å². The van der Waals surface area contributed by atoms with Crippen molar-refractivity contribution in [1.82, 2.24) is 24.8 Å². The zero-order valence-electron chi connectivity index (χ0n) is 12.7. The SMILES string of the molecule is CCN(C)/C=N/c1ccc(-n2ccnc2)nc1N1C=CNC1. The van der Waals surface area contributed by atoms with Crippen molar-refractivity contribution in [3.05, 3.63) is 43.3 Å². The zero-order valence-corrected chi connectivity index (χ0v) is 12.7. The fourth-order valence-electron chi connectivity index (χ4n) is 2.02. The van der Waals surface area contributed by atoms with Crippen LogP contribution in [0.25, 0.3) is 5.82 Å². The number of anilines is 1. The van der Waals surface area contributed by atoms with Gasteiger partial charge in [0, 0.05) is 38.4 Å². The molecular formula is C15H19N7. The quantitative estimate of drug-likeness (QED) is 0.672. The molecule has 0 radical (unpaired) electrons. The van der Waals surface area contributed by atoms with Crippen LogP contribution in [0.5, 0.6) is 0 Å². The van der Waals surface area contributed by atoms with Crippen LogP contribution in [0.1, 0.15) is 6.92 Å². The predicted octanol–water partition coefficient (Wildman–Crippen LogP) is 1.72. The number of aromatic nitrogens is 3. The van der Waals surface area contributed by atoms with Crippen LogP contribution in [0.4, 0.5) is 11.5 Å². The normalized spacial score (nSPS) is 13.8. The van der Waals surface area contributed by atoms with E-state index in [0.717, 1.165) is 23.9 Å². The maximum Gasteiger partial charge on any atom is 0.162 e. The lowest BCUT2D eigenvalue weighted by atomic mass is 10.3. The smallest absolute Gasteiger partial charge is 0.162 e. The summed E-state index contributed by atoms with van der Waals surface area (Å²) in [6.07, 6.45) is 11.0. The van der Waals surface area contributed by atoms with E-state index in [4.69, 9.17) is 4.98 Å². The summed E-state index contributed by atoms with van der Waals surface area (Å²) in [6, 6.07) is 3.92. The van der Waals surface area contributed by atoms with Crippen LogP contribution >= 0.6 is 0 Å². The number of hydrogen-bond acceptors (Lipinski definition) is 5. The zero-order chi connectivity index (χ0) is 15.4. The molecule has 0 bridgehead atoms. The van der Waals surface area contributed by atoms with Crippen molar-refractivity contribution in [3.63, 3.8) is 0 Å². The molecule has 7 nitrogen and oxygen atoms in total. The van der Waals surface area contributed by atoms with E-state index in [-0.39, 0.29) is 0 Å². The van der Waals surface area contributed by atoms with Gasteiger partial charge >= 0.3 is 0 Å². The Labute approximate surface area is 129 Å². The van der Waals surface area contributed by atoms with Crippen LogP contribution in [0, 0.1) is 0 Å². The van der Waals surface area contributed by atoms with Gasteiger partial charge in [0.25, 0.3) is 0 Å². The number of aliphatic imine (C=N–C) groups is 1. The van der Waals surface area contributed by atoms with Gasteiger partial charge in [0.05, 0.1) is 13.0 Å². The van der Waals surface area contributed by atoms with Gasteiger partial charge in [0.15, 0.2) is 5.82 Å². The summed E-state index contributed by atoms with van der Waals surface area (Å²) in [4.78, 5) is 17.4. The summed E-state index contributed by atoms with van der Waals surface area (Å²) in [6.45, 7) is 3.68. The number of nitrogens with one attached hydrogen (secondary N) is 1. The number of pyridine rings is 1. The second kappa shape index (κ2) is 6.30. The number of rotatable bonds is 5. The molecule has 2 aromatic heterocycles.